The summed E-state index contributed by atoms with van der Waals surface area (Å²) in [6.45, 7) is -0.278. The molecule has 0 aromatic rings. The molecule has 4 nitrogen and oxygen atoms in total. The Labute approximate surface area is 34.9 Å². The van der Waals surface area contributed by atoms with Crippen LogP contribution in [0.25, 0.3) is 0 Å². The lowest BCUT2D eigenvalue weighted by Gasteiger charge is -1.73. The molecule has 0 aliphatic rings. The maximum Gasteiger partial charge on any atom is 0.317 e. The van der Waals surface area contributed by atoms with E-state index in [1.807, 2.05) is 0 Å². The van der Waals surface area contributed by atoms with Crippen LogP contribution in [0.3, 0.4) is 0 Å². The highest BCUT2D eigenvalue weighted by atomic mass is 16.4. The summed E-state index contributed by atoms with van der Waals surface area (Å²) in [6, 6.07) is 0. The van der Waals surface area contributed by atoms with Crippen molar-refractivity contribution in [3.05, 3.63) is 0 Å². The summed E-state index contributed by atoms with van der Waals surface area (Å²) in [4.78, 5) is 9.24. The van der Waals surface area contributed by atoms with Gasteiger partial charge in [0.05, 0.1) is 6.54 Å². The third-order valence-corrected chi connectivity index (χ3v) is 0.175. The molecule has 4 heteroatoms. The van der Waals surface area contributed by atoms with Gasteiger partial charge in [0.15, 0.2) is 0 Å². The molecule has 0 spiro atoms. The van der Waals surface area contributed by atoms with Crippen molar-refractivity contribution >= 4 is 5.97 Å². The number of hydrogen-bond donors (Lipinski definition) is 2. The molecule has 0 saturated heterocycles. The van der Waals surface area contributed by atoms with Crippen molar-refractivity contribution < 1.29 is 15.4 Å². The van der Waals surface area contributed by atoms with Gasteiger partial charge in [0.2, 0.25) is 0 Å². The Bertz CT molecular complexity index is 44.1. The van der Waals surface area contributed by atoms with Gasteiger partial charge < -0.3 is 16.3 Å². The molecule has 0 atom stereocenters. The lowest BCUT2D eigenvalue weighted by atomic mass is 10.7. The van der Waals surface area contributed by atoms with E-state index in [1.54, 1.807) is 0 Å². The maximum atomic E-state index is 9.24. The van der Waals surface area contributed by atoms with Gasteiger partial charge in [-0.15, -0.1) is 0 Å². The smallest absolute Gasteiger partial charge is 0.317 e. The normalized spacial score (nSPS) is 6.17. The minimum Gasteiger partial charge on any atom is -0.870 e. The molecule has 0 unspecified atom stereocenters. The molecular weight excluding hydrogens is 86.0 g/mol. The van der Waals surface area contributed by atoms with E-state index >= 15 is 0 Å². The Morgan fingerprint density at radius 1 is 1.83 bits per heavy atom. The number of aliphatic carboxylic acids is 1. The molecule has 0 radical (unpaired) electrons. The van der Waals surface area contributed by atoms with Crippen molar-refractivity contribution in [2.24, 2.45) is 5.73 Å². The van der Waals surface area contributed by atoms with Crippen molar-refractivity contribution in [3.63, 3.8) is 0 Å². The second-order valence-corrected chi connectivity index (χ2v) is 0.598. The first-order valence-corrected chi connectivity index (χ1v) is 1.19. The molecule has 38 valence electrons. The summed E-state index contributed by atoms with van der Waals surface area (Å²) in [5, 5.41) is 7.60. The summed E-state index contributed by atoms with van der Waals surface area (Å²) in [5.74, 6) is -0.968. The summed E-state index contributed by atoms with van der Waals surface area (Å²) in [6.07, 6.45) is 0. The molecule has 0 aromatic carbocycles. The van der Waals surface area contributed by atoms with E-state index in [4.69, 9.17) is 5.11 Å². The molecule has 0 amide bonds. The van der Waals surface area contributed by atoms with Crippen molar-refractivity contribution in [2.45, 2.75) is 0 Å². The molecule has 0 saturated carbocycles. The van der Waals surface area contributed by atoms with Crippen LogP contribution >= 0.6 is 0 Å². The predicted octanol–water partition coefficient (Wildman–Crippen LogP) is -1.15. The topological polar surface area (TPSA) is 93.3 Å². The number of rotatable bonds is 1. The molecular formula is C2H6NO3-. The molecule has 0 aromatic heterocycles. The number of carboxylic acids is 1. The van der Waals surface area contributed by atoms with Crippen LogP contribution < -0.4 is 5.73 Å². The fourth-order valence-corrected chi connectivity index (χ4v) is 0. The first-order valence-electron chi connectivity index (χ1n) is 1.19. The summed E-state index contributed by atoms with van der Waals surface area (Å²) in [7, 11) is 0. The highest BCUT2D eigenvalue weighted by molar-refractivity contribution is 5.68. The Morgan fingerprint density at radius 2 is 2.00 bits per heavy atom. The monoisotopic (exact) mass is 92.0 g/mol. The maximum absolute atomic E-state index is 9.24. The molecule has 4 N–H and O–H groups in total. The third kappa shape index (κ3) is 10.0. The van der Waals surface area contributed by atoms with Crippen LogP contribution in [0.4, 0.5) is 0 Å². The molecule has 0 rings (SSSR count). The fraction of sp³-hybridized carbons (Fsp3) is 0.500. The highest BCUT2D eigenvalue weighted by Crippen LogP contribution is 1.43. The number of hydrogen-bond acceptors (Lipinski definition) is 3. The second-order valence-electron chi connectivity index (χ2n) is 0.598. The van der Waals surface area contributed by atoms with Gasteiger partial charge in [0, 0.05) is 0 Å². The number of carbonyl (C=O) groups is 1. The first kappa shape index (κ1) is 9.04. The molecule has 0 fully saturated rings. The van der Waals surface area contributed by atoms with Crippen LogP contribution in [-0.2, 0) is 4.79 Å². The average molecular weight is 92.1 g/mol. The SMILES string of the molecule is NCC(=O)O.[OH-]. The van der Waals surface area contributed by atoms with E-state index < -0.39 is 5.97 Å². The zero-order valence-corrected chi connectivity index (χ0v) is 3.09. The molecule has 0 bridgehead atoms. The van der Waals surface area contributed by atoms with Gasteiger partial charge in [-0.3, -0.25) is 4.79 Å². The van der Waals surface area contributed by atoms with E-state index in [0.717, 1.165) is 0 Å². The molecule has 0 heterocycles. The molecule has 0 aliphatic carbocycles. The van der Waals surface area contributed by atoms with Gasteiger partial charge in [-0.05, 0) is 0 Å². The zero-order valence-electron chi connectivity index (χ0n) is 3.09. The predicted molar refractivity (Wildman–Crippen MR) is 18.6 cm³/mol. The lowest BCUT2D eigenvalue weighted by molar-refractivity contribution is -0.135. The average Bonchev–Trinajstić information content (AvgIpc) is 1.38. The van der Waals surface area contributed by atoms with Crippen LogP contribution in [-0.4, -0.2) is 23.1 Å². The first-order chi connectivity index (χ1) is 2.27. The van der Waals surface area contributed by atoms with Gasteiger partial charge in [-0.2, -0.15) is 0 Å². The third-order valence-electron chi connectivity index (χ3n) is 0.175. The van der Waals surface area contributed by atoms with Crippen molar-refractivity contribution in [1.29, 1.82) is 0 Å². The standard InChI is InChI=1S/C2H5NO2.H2O/c3-1-2(4)5;/h1,3H2,(H,4,5);1H2/p-1. The minimum absolute atomic E-state index is 0. The van der Waals surface area contributed by atoms with E-state index in [0.29, 0.717) is 0 Å². The zero-order chi connectivity index (χ0) is 4.28. The highest BCUT2D eigenvalue weighted by Gasteiger charge is 1.81. The summed E-state index contributed by atoms with van der Waals surface area (Å²) >= 11 is 0. The van der Waals surface area contributed by atoms with Crippen LogP contribution in [0.5, 0.6) is 0 Å². The van der Waals surface area contributed by atoms with E-state index in [1.165, 1.54) is 0 Å². The van der Waals surface area contributed by atoms with Gasteiger partial charge in [-0.25, -0.2) is 0 Å². The second kappa shape index (κ2) is 4.39. The van der Waals surface area contributed by atoms with E-state index in [2.05, 4.69) is 5.73 Å². The largest absolute Gasteiger partial charge is 0.870 e. The summed E-state index contributed by atoms with van der Waals surface area (Å²) < 4.78 is 0. The Morgan fingerprint density at radius 3 is 2.00 bits per heavy atom. The van der Waals surface area contributed by atoms with Crippen LogP contribution in [0.1, 0.15) is 0 Å². The van der Waals surface area contributed by atoms with Crippen LogP contribution in [0.15, 0.2) is 0 Å². The quantitative estimate of drug-likeness (QED) is 0.427. The van der Waals surface area contributed by atoms with E-state index in [9.17, 15) is 4.79 Å². The molecule has 6 heavy (non-hydrogen) atoms. The van der Waals surface area contributed by atoms with Gasteiger partial charge in [0.25, 0.3) is 0 Å². The van der Waals surface area contributed by atoms with Gasteiger partial charge in [0.1, 0.15) is 0 Å². The fourth-order valence-electron chi connectivity index (χ4n) is 0. The van der Waals surface area contributed by atoms with Crippen molar-refractivity contribution in [1.82, 2.24) is 0 Å². The van der Waals surface area contributed by atoms with Crippen molar-refractivity contribution in [3.8, 4) is 0 Å². The Kier molecular flexibility index (Phi) is 6.61. The Hall–Kier alpha value is -0.610. The van der Waals surface area contributed by atoms with Crippen LogP contribution in [0, 0.1) is 0 Å². The van der Waals surface area contributed by atoms with Crippen LogP contribution in [0.2, 0.25) is 0 Å². The van der Waals surface area contributed by atoms with Gasteiger partial charge >= 0.3 is 5.97 Å². The molecule has 0 aliphatic heterocycles. The van der Waals surface area contributed by atoms with E-state index in [-0.39, 0.29) is 12.0 Å². The number of carboxylic acid groups (broad SMARTS) is 1. The van der Waals surface area contributed by atoms with Gasteiger partial charge in [-0.1, -0.05) is 0 Å². The summed E-state index contributed by atoms with van der Waals surface area (Å²) in [5.41, 5.74) is 4.57. The Balaban J connectivity index is 0. The minimum atomic E-state index is -0.968. The lowest BCUT2D eigenvalue weighted by Crippen LogP contribution is -2.10. The van der Waals surface area contributed by atoms with Crippen molar-refractivity contribution in [2.75, 3.05) is 6.54 Å². The number of nitrogens with two attached hydrogens (primary N) is 1.